The largest absolute Gasteiger partial charge is 0.324 e. The van der Waals surface area contributed by atoms with Gasteiger partial charge in [-0.15, -0.1) is 0 Å². The van der Waals surface area contributed by atoms with Gasteiger partial charge in [0.2, 0.25) is 11.9 Å². The molecule has 1 aliphatic heterocycles. The summed E-state index contributed by atoms with van der Waals surface area (Å²) in [5, 5.41) is 3.25. The number of rotatable bonds is 3. The van der Waals surface area contributed by atoms with E-state index in [9.17, 15) is 9.18 Å². The van der Waals surface area contributed by atoms with E-state index >= 15 is 0 Å². The third-order valence-electron chi connectivity index (χ3n) is 5.09. The van der Waals surface area contributed by atoms with Gasteiger partial charge in [-0.05, 0) is 41.5 Å². The fourth-order valence-corrected chi connectivity index (χ4v) is 4.18. The van der Waals surface area contributed by atoms with Gasteiger partial charge in [-0.1, -0.05) is 42.5 Å². The third kappa shape index (κ3) is 3.88. The Labute approximate surface area is 192 Å². The summed E-state index contributed by atoms with van der Waals surface area (Å²) in [5.74, 6) is 0.169. The quantitative estimate of drug-likeness (QED) is 0.268. The van der Waals surface area contributed by atoms with Crippen LogP contribution in [0.4, 0.5) is 21.7 Å². The second-order valence-electron chi connectivity index (χ2n) is 7.15. The number of hydrogen-bond acceptors (Lipinski definition) is 4. The van der Waals surface area contributed by atoms with Crippen molar-refractivity contribution in [1.29, 1.82) is 0 Å². The van der Waals surface area contributed by atoms with E-state index in [1.807, 2.05) is 71.4 Å². The van der Waals surface area contributed by atoms with E-state index in [-0.39, 0.29) is 18.1 Å². The average molecular weight is 522 g/mol. The first kappa shape index (κ1) is 19.6. The highest BCUT2D eigenvalue weighted by molar-refractivity contribution is 14.1. The molecule has 31 heavy (non-hydrogen) atoms. The molecule has 4 aromatic rings. The van der Waals surface area contributed by atoms with Gasteiger partial charge in [0, 0.05) is 23.0 Å². The summed E-state index contributed by atoms with van der Waals surface area (Å²) in [4.78, 5) is 21.7. The molecule has 152 valence electrons. The van der Waals surface area contributed by atoms with Gasteiger partial charge >= 0.3 is 0 Å². The molecule has 0 unspecified atom stereocenters. The number of halogens is 2. The molecule has 7 heteroatoms. The number of benzene rings is 3. The SMILES string of the molecule is O=C1Cc2cnc(Nc3cccc(-c4ccc(F)cc4)c3)nc2-c2ccccc2N1I. The van der Waals surface area contributed by atoms with Gasteiger partial charge in [-0.2, -0.15) is 0 Å². The highest BCUT2D eigenvalue weighted by atomic mass is 127. The van der Waals surface area contributed by atoms with Crippen LogP contribution in [0.3, 0.4) is 0 Å². The zero-order valence-electron chi connectivity index (χ0n) is 16.2. The van der Waals surface area contributed by atoms with Gasteiger partial charge in [0.15, 0.2) is 0 Å². The number of carbonyl (C=O) groups excluding carboxylic acids is 1. The van der Waals surface area contributed by atoms with E-state index < -0.39 is 0 Å². The summed E-state index contributed by atoms with van der Waals surface area (Å²) in [7, 11) is 0. The van der Waals surface area contributed by atoms with Crippen LogP contribution < -0.4 is 8.43 Å². The maximum Gasteiger partial charge on any atom is 0.240 e. The first-order valence-corrected chi connectivity index (χ1v) is 10.6. The van der Waals surface area contributed by atoms with E-state index in [0.29, 0.717) is 5.95 Å². The maximum absolute atomic E-state index is 13.2. The Hall–Kier alpha value is -3.33. The minimum atomic E-state index is -0.264. The minimum Gasteiger partial charge on any atom is -0.324 e. The number of nitrogens with one attached hydrogen (secondary N) is 1. The predicted molar refractivity (Wildman–Crippen MR) is 128 cm³/mol. The number of anilines is 3. The third-order valence-corrected chi connectivity index (χ3v) is 6.15. The molecule has 0 radical (unpaired) electrons. The Morgan fingerprint density at radius 3 is 2.61 bits per heavy atom. The molecule has 0 atom stereocenters. The summed E-state index contributed by atoms with van der Waals surface area (Å²) < 4.78 is 14.9. The predicted octanol–water partition coefficient (Wildman–Crippen LogP) is 5.93. The van der Waals surface area contributed by atoms with Gasteiger partial charge < -0.3 is 5.32 Å². The Kier molecular flexibility index (Phi) is 5.11. The Balaban J connectivity index is 1.50. The summed E-state index contributed by atoms with van der Waals surface area (Å²) >= 11 is 2.03. The van der Waals surface area contributed by atoms with E-state index in [1.165, 1.54) is 12.1 Å². The molecule has 1 N–H and O–H groups in total. The van der Waals surface area contributed by atoms with Gasteiger partial charge in [0.1, 0.15) is 5.82 Å². The second kappa shape index (κ2) is 8.07. The lowest BCUT2D eigenvalue weighted by Gasteiger charge is -2.14. The molecule has 0 fully saturated rings. The van der Waals surface area contributed by atoms with Crippen LogP contribution in [0.25, 0.3) is 22.4 Å². The summed E-state index contributed by atoms with van der Waals surface area (Å²) in [6, 6.07) is 21.9. The number of nitrogens with zero attached hydrogens (tertiary/aromatic N) is 3. The number of hydrogen-bond donors (Lipinski definition) is 1. The molecule has 3 aromatic carbocycles. The highest BCUT2D eigenvalue weighted by Gasteiger charge is 2.25. The van der Waals surface area contributed by atoms with Crippen molar-refractivity contribution in [3.05, 3.63) is 90.4 Å². The molecule has 2 heterocycles. The second-order valence-corrected chi connectivity index (χ2v) is 8.11. The standard InChI is InChI=1S/C24H16FIN4O/c25-18-10-8-15(9-11-18)16-4-3-5-19(12-16)28-24-27-14-17-13-22(31)30(26)21-7-2-1-6-20(21)23(17)29-24/h1-12,14H,13H2,(H,27,28,29). The van der Waals surface area contributed by atoms with Crippen LogP contribution in [-0.4, -0.2) is 15.9 Å². The minimum absolute atomic E-state index is 0.0110. The van der Waals surface area contributed by atoms with Crippen molar-refractivity contribution in [3.8, 4) is 22.4 Å². The molecule has 0 aliphatic carbocycles. The zero-order valence-corrected chi connectivity index (χ0v) is 18.4. The summed E-state index contributed by atoms with van der Waals surface area (Å²) in [6.07, 6.45) is 1.95. The maximum atomic E-state index is 13.2. The zero-order chi connectivity index (χ0) is 21.4. The topological polar surface area (TPSA) is 58.1 Å². The molecule has 1 amide bonds. The lowest BCUT2D eigenvalue weighted by molar-refractivity contribution is -0.116. The molecule has 0 bridgehead atoms. The molecule has 0 spiro atoms. The molecule has 0 saturated carbocycles. The molecule has 0 saturated heterocycles. The lowest BCUT2D eigenvalue weighted by Crippen LogP contribution is -2.20. The van der Waals surface area contributed by atoms with E-state index in [0.717, 1.165) is 39.3 Å². The average Bonchev–Trinajstić information content (AvgIpc) is 2.90. The van der Waals surface area contributed by atoms with Gasteiger partial charge in [0.25, 0.3) is 0 Å². The van der Waals surface area contributed by atoms with E-state index in [4.69, 9.17) is 4.98 Å². The van der Waals surface area contributed by atoms with Crippen molar-refractivity contribution >= 4 is 46.1 Å². The number of fused-ring (bicyclic) bond motifs is 3. The van der Waals surface area contributed by atoms with Gasteiger partial charge in [0.05, 0.1) is 40.7 Å². The molecule has 1 aliphatic rings. The summed E-state index contributed by atoms with van der Waals surface area (Å²) in [6.45, 7) is 0. The van der Waals surface area contributed by atoms with Crippen LogP contribution in [0.15, 0.2) is 79.0 Å². The molecule has 5 nitrogen and oxygen atoms in total. The number of aromatic nitrogens is 2. The Morgan fingerprint density at radius 1 is 0.968 bits per heavy atom. The monoisotopic (exact) mass is 522 g/mol. The van der Waals surface area contributed by atoms with Gasteiger partial charge in [-0.3, -0.25) is 7.91 Å². The van der Waals surface area contributed by atoms with Crippen molar-refractivity contribution < 1.29 is 9.18 Å². The van der Waals surface area contributed by atoms with Crippen LogP contribution >= 0.6 is 22.9 Å². The fourth-order valence-electron chi connectivity index (χ4n) is 3.59. The molecular weight excluding hydrogens is 506 g/mol. The normalized spacial score (nSPS) is 12.7. The van der Waals surface area contributed by atoms with E-state index in [2.05, 4.69) is 10.3 Å². The number of para-hydroxylation sites is 1. The highest BCUT2D eigenvalue weighted by Crippen LogP contribution is 2.37. The van der Waals surface area contributed by atoms with E-state index in [1.54, 1.807) is 21.4 Å². The van der Waals surface area contributed by atoms with Crippen LogP contribution in [0, 0.1) is 5.82 Å². The first-order valence-electron chi connectivity index (χ1n) is 9.65. The molecule has 5 rings (SSSR count). The summed E-state index contributed by atoms with van der Waals surface area (Å²) in [5.41, 5.74) is 5.93. The van der Waals surface area contributed by atoms with Crippen LogP contribution in [0.5, 0.6) is 0 Å². The van der Waals surface area contributed by atoms with Crippen LogP contribution in [-0.2, 0) is 11.2 Å². The van der Waals surface area contributed by atoms with Crippen LogP contribution in [0.1, 0.15) is 5.56 Å². The molecule has 1 aromatic heterocycles. The first-order chi connectivity index (χ1) is 15.1. The van der Waals surface area contributed by atoms with Crippen molar-refractivity contribution in [1.82, 2.24) is 9.97 Å². The van der Waals surface area contributed by atoms with Crippen LogP contribution in [0.2, 0.25) is 0 Å². The number of carbonyl (C=O) groups is 1. The Bertz CT molecular complexity index is 1290. The Morgan fingerprint density at radius 2 is 1.77 bits per heavy atom. The van der Waals surface area contributed by atoms with Crippen molar-refractivity contribution in [2.24, 2.45) is 0 Å². The lowest BCUT2D eigenvalue weighted by atomic mass is 10.0. The fraction of sp³-hybridized carbons (Fsp3) is 0.0417. The van der Waals surface area contributed by atoms with Crippen molar-refractivity contribution in [2.75, 3.05) is 8.43 Å². The van der Waals surface area contributed by atoms with Gasteiger partial charge in [-0.25, -0.2) is 14.4 Å². The smallest absolute Gasteiger partial charge is 0.240 e. The molecular formula is C24H16FIN4O. The van der Waals surface area contributed by atoms with Crippen molar-refractivity contribution in [2.45, 2.75) is 6.42 Å². The number of amides is 1. The van der Waals surface area contributed by atoms with Crippen molar-refractivity contribution in [3.63, 3.8) is 0 Å².